The molecule has 0 saturated heterocycles. The minimum Gasteiger partial charge on any atom is -0.302 e. The second-order valence-electron chi connectivity index (χ2n) is 5.35. The number of hydrogen-bond acceptors (Lipinski definition) is 5. The number of rotatable bonds is 6. The molecule has 24 heavy (non-hydrogen) atoms. The van der Waals surface area contributed by atoms with Gasteiger partial charge in [-0.1, -0.05) is 30.3 Å². The molecule has 0 unspecified atom stereocenters. The molecular weight excluding hydrogens is 320 g/mol. The highest BCUT2D eigenvalue weighted by Crippen LogP contribution is 2.21. The number of carbonyl (C=O) groups excluding carboxylic acids is 1. The fourth-order valence-electron chi connectivity index (χ4n) is 2.31. The number of nitrogens with one attached hydrogen (secondary N) is 2. The lowest BCUT2D eigenvalue weighted by Gasteiger charge is -2.14. The summed E-state index contributed by atoms with van der Waals surface area (Å²) in [5.41, 5.74) is 3.35. The van der Waals surface area contributed by atoms with Crippen molar-refractivity contribution in [1.82, 2.24) is 15.3 Å². The molecule has 2 aromatic heterocycles. The Balaban J connectivity index is 1.55. The summed E-state index contributed by atoms with van der Waals surface area (Å²) >= 11 is 1.41. The summed E-state index contributed by atoms with van der Waals surface area (Å²) in [5, 5.41) is 8.43. The maximum Gasteiger partial charge on any atom is 0.240 e. The summed E-state index contributed by atoms with van der Waals surface area (Å²) in [6.45, 7) is 2.28. The van der Waals surface area contributed by atoms with Crippen molar-refractivity contribution in [3.8, 4) is 11.1 Å². The number of pyridine rings is 1. The SMILES string of the molecule is C[C@@H](NCC(=O)Nc1nccs1)c1ccc(-c2cccnc2)cc1. The second-order valence-corrected chi connectivity index (χ2v) is 6.25. The zero-order valence-corrected chi connectivity index (χ0v) is 14.1. The van der Waals surface area contributed by atoms with Crippen LogP contribution < -0.4 is 10.6 Å². The lowest BCUT2D eigenvalue weighted by atomic mass is 10.0. The average Bonchev–Trinajstić information content (AvgIpc) is 3.13. The Morgan fingerprint density at radius 1 is 1.17 bits per heavy atom. The number of thiazole rings is 1. The molecule has 1 atom stereocenters. The number of hydrogen-bond donors (Lipinski definition) is 2. The monoisotopic (exact) mass is 338 g/mol. The second kappa shape index (κ2) is 7.81. The number of anilines is 1. The van der Waals surface area contributed by atoms with Gasteiger partial charge in [0.2, 0.25) is 5.91 Å². The number of carbonyl (C=O) groups is 1. The Kier molecular flexibility index (Phi) is 5.30. The first-order chi connectivity index (χ1) is 11.7. The Bertz CT molecular complexity index is 773. The average molecular weight is 338 g/mol. The van der Waals surface area contributed by atoms with Gasteiger partial charge in [-0.3, -0.25) is 9.78 Å². The van der Waals surface area contributed by atoms with E-state index in [0.717, 1.165) is 16.7 Å². The topological polar surface area (TPSA) is 66.9 Å². The molecule has 0 bridgehead atoms. The van der Waals surface area contributed by atoms with Crippen molar-refractivity contribution in [2.75, 3.05) is 11.9 Å². The Morgan fingerprint density at radius 2 is 2.00 bits per heavy atom. The molecule has 6 heteroatoms. The van der Waals surface area contributed by atoms with Gasteiger partial charge in [0.1, 0.15) is 0 Å². The lowest BCUT2D eigenvalue weighted by Crippen LogP contribution is -2.30. The predicted octanol–water partition coefficient (Wildman–Crippen LogP) is 3.49. The molecule has 2 N–H and O–H groups in total. The van der Waals surface area contributed by atoms with Gasteiger partial charge in [-0.15, -0.1) is 11.3 Å². The van der Waals surface area contributed by atoms with E-state index in [1.807, 2.05) is 30.6 Å². The van der Waals surface area contributed by atoms with Gasteiger partial charge < -0.3 is 10.6 Å². The van der Waals surface area contributed by atoms with E-state index in [9.17, 15) is 4.79 Å². The van der Waals surface area contributed by atoms with Crippen LogP contribution in [0.4, 0.5) is 5.13 Å². The normalized spacial score (nSPS) is 11.9. The largest absolute Gasteiger partial charge is 0.302 e. The molecule has 2 heterocycles. The fraction of sp³-hybridized carbons (Fsp3) is 0.167. The van der Waals surface area contributed by atoms with Crippen LogP contribution in [0.5, 0.6) is 0 Å². The van der Waals surface area contributed by atoms with Crippen LogP contribution in [-0.4, -0.2) is 22.4 Å². The maximum atomic E-state index is 11.9. The molecule has 0 spiro atoms. The summed E-state index contributed by atoms with van der Waals surface area (Å²) in [6, 6.07) is 12.3. The van der Waals surface area contributed by atoms with Crippen LogP contribution in [0.15, 0.2) is 60.4 Å². The molecule has 0 aliphatic heterocycles. The van der Waals surface area contributed by atoms with Gasteiger partial charge in [0.15, 0.2) is 5.13 Å². The van der Waals surface area contributed by atoms with E-state index >= 15 is 0 Å². The van der Waals surface area contributed by atoms with Crippen molar-refractivity contribution in [1.29, 1.82) is 0 Å². The van der Waals surface area contributed by atoms with Crippen LogP contribution in [0, 0.1) is 0 Å². The highest BCUT2D eigenvalue weighted by molar-refractivity contribution is 7.13. The molecule has 3 rings (SSSR count). The van der Waals surface area contributed by atoms with Gasteiger partial charge in [-0.25, -0.2) is 4.98 Å². The van der Waals surface area contributed by atoms with Crippen LogP contribution in [0.2, 0.25) is 0 Å². The van der Waals surface area contributed by atoms with Crippen LogP contribution >= 0.6 is 11.3 Å². The van der Waals surface area contributed by atoms with E-state index in [-0.39, 0.29) is 18.5 Å². The molecule has 122 valence electrons. The Labute approximate surface area is 144 Å². The number of benzene rings is 1. The highest BCUT2D eigenvalue weighted by Gasteiger charge is 2.09. The van der Waals surface area contributed by atoms with Crippen LogP contribution in [-0.2, 0) is 4.79 Å². The highest BCUT2D eigenvalue weighted by atomic mass is 32.1. The van der Waals surface area contributed by atoms with E-state index in [0.29, 0.717) is 5.13 Å². The number of amides is 1. The summed E-state index contributed by atoms with van der Waals surface area (Å²) in [7, 11) is 0. The first-order valence-electron chi connectivity index (χ1n) is 7.65. The van der Waals surface area contributed by atoms with E-state index in [1.54, 1.807) is 12.4 Å². The standard InChI is InChI=1S/C18H18N4OS/c1-13(21-12-17(23)22-18-20-9-10-24-18)14-4-6-15(7-5-14)16-3-2-8-19-11-16/h2-11,13,21H,12H2,1H3,(H,20,22,23)/t13-/m1/s1. The third-order valence-electron chi connectivity index (χ3n) is 3.65. The van der Waals surface area contributed by atoms with E-state index in [1.165, 1.54) is 11.3 Å². The molecule has 0 radical (unpaired) electrons. The smallest absolute Gasteiger partial charge is 0.240 e. The Morgan fingerprint density at radius 3 is 2.67 bits per heavy atom. The molecule has 1 aromatic carbocycles. The van der Waals surface area contributed by atoms with Crippen molar-refractivity contribution in [3.05, 3.63) is 65.9 Å². The summed E-state index contributed by atoms with van der Waals surface area (Å²) < 4.78 is 0. The van der Waals surface area contributed by atoms with Crippen molar-refractivity contribution < 1.29 is 4.79 Å². The molecule has 0 fully saturated rings. The maximum absolute atomic E-state index is 11.9. The van der Waals surface area contributed by atoms with Gasteiger partial charge in [0.25, 0.3) is 0 Å². The van der Waals surface area contributed by atoms with E-state index in [2.05, 4.69) is 44.9 Å². The number of aromatic nitrogens is 2. The van der Waals surface area contributed by atoms with Crippen molar-refractivity contribution >= 4 is 22.4 Å². The lowest BCUT2D eigenvalue weighted by molar-refractivity contribution is -0.115. The molecule has 0 saturated carbocycles. The zero-order valence-electron chi connectivity index (χ0n) is 13.3. The van der Waals surface area contributed by atoms with E-state index < -0.39 is 0 Å². The predicted molar refractivity (Wildman–Crippen MR) is 96.8 cm³/mol. The van der Waals surface area contributed by atoms with Gasteiger partial charge in [0.05, 0.1) is 6.54 Å². The van der Waals surface area contributed by atoms with Crippen LogP contribution in [0.3, 0.4) is 0 Å². The molecule has 0 aliphatic carbocycles. The third-order valence-corrected chi connectivity index (χ3v) is 4.34. The molecule has 1 amide bonds. The summed E-state index contributed by atoms with van der Waals surface area (Å²) in [5.74, 6) is -0.0937. The fourth-order valence-corrected chi connectivity index (χ4v) is 2.86. The van der Waals surface area contributed by atoms with Crippen LogP contribution in [0.1, 0.15) is 18.5 Å². The molecule has 3 aromatic rings. The minimum absolute atomic E-state index is 0.0787. The molecule has 0 aliphatic rings. The quantitative estimate of drug-likeness (QED) is 0.722. The van der Waals surface area contributed by atoms with Crippen molar-refractivity contribution in [2.24, 2.45) is 0 Å². The summed E-state index contributed by atoms with van der Waals surface area (Å²) in [4.78, 5) is 20.0. The first kappa shape index (κ1) is 16.3. The van der Waals surface area contributed by atoms with Crippen molar-refractivity contribution in [3.63, 3.8) is 0 Å². The van der Waals surface area contributed by atoms with Gasteiger partial charge >= 0.3 is 0 Å². The third kappa shape index (κ3) is 4.24. The first-order valence-corrected chi connectivity index (χ1v) is 8.53. The summed E-state index contributed by atoms with van der Waals surface area (Å²) in [6.07, 6.45) is 5.28. The Hall–Kier alpha value is -2.57. The van der Waals surface area contributed by atoms with Gasteiger partial charge in [-0.05, 0) is 29.7 Å². The van der Waals surface area contributed by atoms with Gasteiger partial charge in [0, 0.05) is 30.0 Å². The molecular formula is C18H18N4OS. The van der Waals surface area contributed by atoms with Crippen molar-refractivity contribution in [2.45, 2.75) is 13.0 Å². The van der Waals surface area contributed by atoms with Crippen LogP contribution in [0.25, 0.3) is 11.1 Å². The minimum atomic E-state index is -0.0937. The number of nitrogens with zero attached hydrogens (tertiary/aromatic N) is 2. The zero-order chi connectivity index (χ0) is 16.8. The molecule has 5 nitrogen and oxygen atoms in total. The van der Waals surface area contributed by atoms with Gasteiger partial charge in [-0.2, -0.15) is 0 Å². The van der Waals surface area contributed by atoms with E-state index in [4.69, 9.17) is 0 Å².